The zero-order chi connectivity index (χ0) is 10.9. The molecule has 1 saturated carbocycles. The Morgan fingerprint density at radius 2 is 1.87 bits per heavy atom. The van der Waals surface area contributed by atoms with Gasteiger partial charge in [0, 0.05) is 25.2 Å². The summed E-state index contributed by atoms with van der Waals surface area (Å²) in [4.78, 5) is 0. The molecule has 1 heterocycles. The third-order valence-corrected chi connectivity index (χ3v) is 4.50. The number of rotatable bonds is 4. The second-order valence-corrected chi connectivity index (χ2v) is 5.76. The van der Waals surface area contributed by atoms with E-state index in [0.717, 1.165) is 6.54 Å². The van der Waals surface area contributed by atoms with Gasteiger partial charge >= 0.3 is 0 Å². The monoisotopic (exact) mass is 211 g/mol. The Morgan fingerprint density at radius 3 is 2.33 bits per heavy atom. The van der Waals surface area contributed by atoms with Crippen molar-refractivity contribution in [1.29, 1.82) is 0 Å². The van der Waals surface area contributed by atoms with Crippen molar-refractivity contribution in [2.24, 2.45) is 11.1 Å². The quantitative estimate of drug-likeness (QED) is 0.740. The van der Waals surface area contributed by atoms with Crippen molar-refractivity contribution in [2.75, 3.05) is 19.6 Å². The van der Waals surface area contributed by atoms with Crippen LogP contribution in [0.1, 0.15) is 46.0 Å². The van der Waals surface area contributed by atoms with Gasteiger partial charge in [-0.05, 0) is 38.0 Å². The van der Waals surface area contributed by atoms with Gasteiger partial charge in [0.15, 0.2) is 0 Å². The molecule has 2 rings (SSSR count). The summed E-state index contributed by atoms with van der Waals surface area (Å²) in [5.41, 5.74) is 10.2. The molecule has 15 heavy (non-hydrogen) atoms. The fourth-order valence-corrected chi connectivity index (χ4v) is 2.52. The molecule has 3 heteroatoms. The summed E-state index contributed by atoms with van der Waals surface area (Å²) in [5, 5.41) is 2.39. The molecule has 0 radical (unpaired) electrons. The Balaban J connectivity index is 1.94. The van der Waals surface area contributed by atoms with Crippen LogP contribution in [0, 0.1) is 5.41 Å². The fourth-order valence-electron chi connectivity index (χ4n) is 2.52. The lowest BCUT2D eigenvalue weighted by molar-refractivity contribution is 0.0559. The van der Waals surface area contributed by atoms with Crippen molar-refractivity contribution in [1.82, 2.24) is 10.4 Å². The molecule has 3 nitrogen and oxygen atoms in total. The van der Waals surface area contributed by atoms with E-state index in [4.69, 9.17) is 5.73 Å². The number of nitrogens with two attached hydrogens (primary N) is 1. The molecule has 1 atom stereocenters. The molecule has 2 fully saturated rings. The summed E-state index contributed by atoms with van der Waals surface area (Å²) in [6, 6.07) is 0. The van der Waals surface area contributed by atoms with Gasteiger partial charge in [0.25, 0.3) is 0 Å². The summed E-state index contributed by atoms with van der Waals surface area (Å²) in [7, 11) is 0. The number of hydrogen-bond donors (Lipinski definition) is 2. The second kappa shape index (κ2) is 4.04. The maximum absolute atomic E-state index is 5.96. The van der Waals surface area contributed by atoms with Crippen molar-refractivity contribution in [3.05, 3.63) is 0 Å². The predicted octanol–water partition coefficient (Wildman–Crippen LogP) is 1.49. The predicted molar refractivity (Wildman–Crippen MR) is 63.4 cm³/mol. The number of piperidine rings is 1. The van der Waals surface area contributed by atoms with Crippen molar-refractivity contribution in [2.45, 2.75) is 51.5 Å². The highest BCUT2D eigenvalue weighted by atomic mass is 15.5. The third-order valence-electron chi connectivity index (χ3n) is 4.50. The molecule has 1 aliphatic carbocycles. The first kappa shape index (κ1) is 11.4. The topological polar surface area (TPSA) is 41.3 Å². The maximum atomic E-state index is 5.96. The first-order chi connectivity index (χ1) is 7.10. The van der Waals surface area contributed by atoms with Crippen LogP contribution in [0.15, 0.2) is 0 Å². The van der Waals surface area contributed by atoms with Crippen LogP contribution < -0.4 is 11.2 Å². The zero-order valence-corrected chi connectivity index (χ0v) is 10.2. The minimum absolute atomic E-state index is 0.102. The van der Waals surface area contributed by atoms with E-state index in [9.17, 15) is 0 Å². The van der Waals surface area contributed by atoms with Gasteiger partial charge < -0.3 is 5.73 Å². The van der Waals surface area contributed by atoms with E-state index in [1.807, 2.05) is 0 Å². The Morgan fingerprint density at radius 1 is 1.27 bits per heavy atom. The highest BCUT2D eigenvalue weighted by Crippen LogP contribution is 2.53. The minimum atomic E-state index is 0.102. The highest BCUT2D eigenvalue weighted by Gasteiger charge is 2.52. The van der Waals surface area contributed by atoms with E-state index in [1.54, 1.807) is 0 Å². The Bertz CT molecular complexity index is 219. The molecule has 88 valence electrons. The van der Waals surface area contributed by atoms with Gasteiger partial charge in [-0.2, -0.15) is 0 Å². The summed E-state index contributed by atoms with van der Waals surface area (Å²) in [5.74, 6) is 0. The van der Waals surface area contributed by atoms with Crippen molar-refractivity contribution < 1.29 is 0 Å². The van der Waals surface area contributed by atoms with E-state index in [0.29, 0.717) is 5.41 Å². The van der Waals surface area contributed by atoms with Gasteiger partial charge in [0.2, 0.25) is 0 Å². The molecule has 0 aromatic rings. The molecular formula is C12H25N3. The van der Waals surface area contributed by atoms with Crippen LogP contribution in [0.25, 0.3) is 0 Å². The second-order valence-electron chi connectivity index (χ2n) is 5.76. The molecule has 0 aromatic heterocycles. The summed E-state index contributed by atoms with van der Waals surface area (Å²) >= 11 is 0. The Kier molecular flexibility index (Phi) is 3.06. The lowest BCUT2D eigenvalue weighted by Gasteiger charge is -2.42. The van der Waals surface area contributed by atoms with Crippen molar-refractivity contribution in [3.63, 3.8) is 0 Å². The van der Waals surface area contributed by atoms with Gasteiger partial charge in [0.1, 0.15) is 0 Å². The van der Waals surface area contributed by atoms with Crippen LogP contribution in [-0.4, -0.2) is 30.2 Å². The first-order valence-corrected chi connectivity index (χ1v) is 6.32. The third kappa shape index (κ3) is 2.19. The molecule has 2 aliphatic rings. The van der Waals surface area contributed by atoms with E-state index < -0.39 is 0 Å². The number of hydrogen-bond acceptors (Lipinski definition) is 3. The van der Waals surface area contributed by atoms with Crippen molar-refractivity contribution >= 4 is 0 Å². The van der Waals surface area contributed by atoms with E-state index >= 15 is 0 Å². The van der Waals surface area contributed by atoms with Crippen LogP contribution >= 0.6 is 0 Å². The fraction of sp³-hybridized carbons (Fsp3) is 1.00. The van der Waals surface area contributed by atoms with Crippen LogP contribution in [0.5, 0.6) is 0 Å². The molecule has 0 amide bonds. The van der Waals surface area contributed by atoms with Gasteiger partial charge in [-0.1, -0.05) is 13.3 Å². The zero-order valence-electron chi connectivity index (χ0n) is 10.2. The Hall–Kier alpha value is -0.120. The Labute approximate surface area is 93.4 Å². The summed E-state index contributed by atoms with van der Waals surface area (Å²) in [6.45, 7) is 7.75. The van der Waals surface area contributed by atoms with Crippen LogP contribution in [0.3, 0.4) is 0 Å². The SMILES string of the molecule is CC1(C(C)(CN)NN2CCCCC2)CC1. The molecule has 1 unspecified atom stereocenters. The van der Waals surface area contributed by atoms with Gasteiger partial charge in [-0.15, -0.1) is 0 Å². The number of nitrogens with zero attached hydrogens (tertiary/aromatic N) is 1. The van der Waals surface area contributed by atoms with Crippen molar-refractivity contribution in [3.8, 4) is 0 Å². The standard InChI is InChI=1S/C12H25N3/c1-11(6-7-11)12(2,10-13)14-15-8-4-3-5-9-15/h14H,3-10,13H2,1-2H3. The minimum Gasteiger partial charge on any atom is -0.329 e. The van der Waals surface area contributed by atoms with Gasteiger partial charge in [0.05, 0.1) is 0 Å². The summed E-state index contributed by atoms with van der Waals surface area (Å²) < 4.78 is 0. The normalized spacial score (nSPS) is 29.8. The molecular weight excluding hydrogens is 186 g/mol. The largest absolute Gasteiger partial charge is 0.329 e. The molecule has 3 N–H and O–H groups in total. The number of hydrazine groups is 1. The molecule has 0 bridgehead atoms. The molecule has 0 aromatic carbocycles. The average Bonchev–Trinajstić information content (AvgIpc) is 2.99. The highest BCUT2D eigenvalue weighted by molar-refractivity contribution is 5.08. The van der Waals surface area contributed by atoms with Crippen LogP contribution in [-0.2, 0) is 0 Å². The smallest absolute Gasteiger partial charge is 0.0473 e. The first-order valence-electron chi connectivity index (χ1n) is 6.32. The lowest BCUT2D eigenvalue weighted by Crippen LogP contribution is -2.61. The van der Waals surface area contributed by atoms with E-state index in [-0.39, 0.29) is 5.54 Å². The number of nitrogens with one attached hydrogen (secondary N) is 1. The maximum Gasteiger partial charge on any atom is 0.0473 e. The van der Waals surface area contributed by atoms with E-state index in [1.165, 1.54) is 45.2 Å². The lowest BCUT2D eigenvalue weighted by atomic mass is 9.84. The van der Waals surface area contributed by atoms with Crippen LogP contribution in [0.4, 0.5) is 0 Å². The molecule has 1 aliphatic heterocycles. The van der Waals surface area contributed by atoms with Gasteiger partial charge in [-0.25, -0.2) is 10.4 Å². The summed E-state index contributed by atoms with van der Waals surface area (Å²) in [6.07, 6.45) is 6.67. The van der Waals surface area contributed by atoms with E-state index in [2.05, 4.69) is 24.3 Å². The average molecular weight is 211 g/mol. The molecule has 1 saturated heterocycles. The van der Waals surface area contributed by atoms with Gasteiger partial charge in [-0.3, -0.25) is 0 Å². The van der Waals surface area contributed by atoms with Crippen LogP contribution in [0.2, 0.25) is 0 Å². The molecule has 0 spiro atoms.